The van der Waals surface area contributed by atoms with E-state index in [1.807, 2.05) is 50.2 Å². The van der Waals surface area contributed by atoms with Crippen molar-refractivity contribution in [1.29, 1.82) is 0 Å². The molecular weight excluding hydrogens is 447 g/mol. The number of amidine groups is 1. The second-order valence-corrected chi connectivity index (χ2v) is 8.80. The van der Waals surface area contributed by atoms with Crippen LogP contribution in [0.2, 0.25) is 0 Å². The fourth-order valence-corrected chi connectivity index (χ4v) is 4.41. The summed E-state index contributed by atoms with van der Waals surface area (Å²) in [7, 11) is 1.63. The Morgan fingerprint density at radius 2 is 1.89 bits per heavy atom. The van der Waals surface area contributed by atoms with Crippen molar-refractivity contribution in [3.63, 3.8) is 0 Å². The number of urea groups is 1. The van der Waals surface area contributed by atoms with Crippen molar-refractivity contribution < 1.29 is 18.7 Å². The molecule has 1 unspecified atom stereocenters. The molecule has 35 heavy (non-hydrogen) atoms. The average molecular weight is 475 g/mol. The van der Waals surface area contributed by atoms with Gasteiger partial charge in [-0.1, -0.05) is 6.07 Å². The molecule has 1 fully saturated rings. The maximum atomic E-state index is 13.2. The van der Waals surface area contributed by atoms with Crippen LogP contribution in [-0.4, -0.2) is 54.5 Å². The Hall–Kier alpha value is -4.07. The lowest BCUT2D eigenvalue weighted by atomic mass is 10.1. The van der Waals surface area contributed by atoms with Crippen LogP contribution in [0.4, 0.5) is 20.6 Å². The van der Waals surface area contributed by atoms with Gasteiger partial charge < -0.3 is 24.6 Å². The minimum atomic E-state index is -0.340. The third-order valence-corrected chi connectivity index (χ3v) is 6.27. The average Bonchev–Trinajstić information content (AvgIpc) is 3.01. The first-order valence-electron chi connectivity index (χ1n) is 11.5. The van der Waals surface area contributed by atoms with E-state index in [1.54, 1.807) is 24.1 Å². The number of methoxy groups -OCH3 is 1. The van der Waals surface area contributed by atoms with E-state index in [2.05, 4.69) is 10.2 Å². The van der Waals surface area contributed by atoms with Crippen LogP contribution in [0.1, 0.15) is 18.1 Å². The Morgan fingerprint density at radius 3 is 2.63 bits per heavy atom. The van der Waals surface area contributed by atoms with Gasteiger partial charge in [-0.05, 0) is 67.9 Å². The van der Waals surface area contributed by atoms with Gasteiger partial charge in [0.15, 0.2) is 5.75 Å². The number of aliphatic imine (C=N–C) groups is 1. The Labute approximate surface area is 203 Å². The summed E-state index contributed by atoms with van der Waals surface area (Å²) in [6, 6.07) is 17.2. The number of piperazine rings is 1. The normalized spacial score (nSPS) is 16.9. The maximum Gasteiger partial charge on any atom is 0.322 e. The van der Waals surface area contributed by atoms with E-state index < -0.39 is 0 Å². The number of carbonyl (C=O) groups excluding carboxylic acids is 1. The molecule has 7 nitrogen and oxygen atoms in total. The quantitative estimate of drug-likeness (QED) is 0.528. The summed E-state index contributed by atoms with van der Waals surface area (Å²) in [5, 5.41) is 2.86. The van der Waals surface area contributed by atoms with Gasteiger partial charge in [-0.3, -0.25) is 0 Å². The number of aryl methyl sites for hydroxylation is 1. The summed E-state index contributed by atoms with van der Waals surface area (Å²) >= 11 is 0. The molecule has 2 aliphatic heterocycles. The summed E-state index contributed by atoms with van der Waals surface area (Å²) in [6.45, 7) is 5.75. The summed E-state index contributed by atoms with van der Waals surface area (Å²) in [5.74, 6) is 2.54. The molecule has 5 rings (SSSR count). The standard InChI is InChI=1S/C27H27FN4O3/c1-17-4-11-23-25(14-17)35-24-15-21(34-3)9-10-22(24)26(30-23)31-12-13-32(18(2)16-31)27(33)29-20-7-5-19(28)6-8-20/h4-11,14-15,18H,12-13,16H2,1-3H3,(H,29,33). The van der Waals surface area contributed by atoms with Gasteiger partial charge in [0, 0.05) is 37.4 Å². The zero-order valence-electron chi connectivity index (χ0n) is 19.9. The number of halogens is 1. The van der Waals surface area contributed by atoms with Crippen molar-refractivity contribution in [3.8, 4) is 17.2 Å². The number of hydrogen-bond donors (Lipinski definition) is 1. The molecule has 3 aromatic carbocycles. The van der Waals surface area contributed by atoms with Gasteiger partial charge >= 0.3 is 6.03 Å². The second-order valence-electron chi connectivity index (χ2n) is 8.80. The lowest BCUT2D eigenvalue weighted by Crippen LogP contribution is -2.56. The van der Waals surface area contributed by atoms with Gasteiger partial charge in [-0.2, -0.15) is 0 Å². The fraction of sp³-hybridized carbons (Fsp3) is 0.259. The van der Waals surface area contributed by atoms with E-state index >= 15 is 0 Å². The first kappa shape index (κ1) is 22.7. The molecule has 0 aliphatic carbocycles. The molecule has 180 valence electrons. The third kappa shape index (κ3) is 4.64. The zero-order valence-corrected chi connectivity index (χ0v) is 19.9. The number of anilines is 1. The lowest BCUT2D eigenvalue weighted by molar-refractivity contribution is 0.145. The van der Waals surface area contributed by atoms with Crippen LogP contribution in [0.25, 0.3) is 0 Å². The topological polar surface area (TPSA) is 66.4 Å². The summed E-state index contributed by atoms with van der Waals surface area (Å²) < 4.78 is 24.9. The van der Waals surface area contributed by atoms with Crippen LogP contribution in [-0.2, 0) is 0 Å². The van der Waals surface area contributed by atoms with Crippen molar-refractivity contribution in [2.75, 3.05) is 32.1 Å². The monoisotopic (exact) mass is 474 g/mol. The molecule has 8 heteroatoms. The van der Waals surface area contributed by atoms with E-state index in [0.29, 0.717) is 42.6 Å². The summed E-state index contributed by atoms with van der Waals surface area (Å²) in [6.07, 6.45) is 0. The van der Waals surface area contributed by atoms with Crippen molar-refractivity contribution in [2.45, 2.75) is 19.9 Å². The minimum Gasteiger partial charge on any atom is -0.497 e. The van der Waals surface area contributed by atoms with Crippen molar-refractivity contribution in [1.82, 2.24) is 9.80 Å². The molecule has 0 saturated carbocycles. The van der Waals surface area contributed by atoms with Gasteiger partial charge in [-0.25, -0.2) is 14.2 Å². The molecule has 2 aliphatic rings. The first-order valence-corrected chi connectivity index (χ1v) is 11.5. The van der Waals surface area contributed by atoms with Gasteiger partial charge in [-0.15, -0.1) is 0 Å². The van der Waals surface area contributed by atoms with Crippen LogP contribution in [0.15, 0.2) is 65.7 Å². The highest BCUT2D eigenvalue weighted by Gasteiger charge is 2.32. The van der Waals surface area contributed by atoms with E-state index in [9.17, 15) is 9.18 Å². The Morgan fingerprint density at radius 1 is 1.09 bits per heavy atom. The number of fused-ring (bicyclic) bond motifs is 2. The van der Waals surface area contributed by atoms with Crippen LogP contribution in [0, 0.1) is 12.7 Å². The lowest BCUT2D eigenvalue weighted by Gasteiger charge is -2.41. The largest absolute Gasteiger partial charge is 0.497 e. The van der Waals surface area contributed by atoms with E-state index in [1.165, 1.54) is 12.1 Å². The highest BCUT2D eigenvalue weighted by atomic mass is 19.1. The number of nitrogens with one attached hydrogen (secondary N) is 1. The molecule has 0 radical (unpaired) electrons. The molecule has 0 aromatic heterocycles. The Balaban J connectivity index is 1.41. The number of benzene rings is 3. The molecule has 1 atom stereocenters. The molecule has 1 saturated heterocycles. The van der Waals surface area contributed by atoms with Gasteiger partial charge in [0.2, 0.25) is 0 Å². The van der Waals surface area contributed by atoms with Crippen LogP contribution >= 0.6 is 0 Å². The number of nitrogens with zero attached hydrogens (tertiary/aromatic N) is 3. The van der Waals surface area contributed by atoms with E-state index in [0.717, 1.165) is 22.6 Å². The second kappa shape index (κ2) is 9.29. The molecule has 1 N–H and O–H groups in total. The van der Waals surface area contributed by atoms with Crippen LogP contribution in [0.3, 0.4) is 0 Å². The van der Waals surface area contributed by atoms with Gasteiger partial charge in [0.25, 0.3) is 0 Å². The zero-order chi connectivity index (χ0) is 24.5. The fourth-order valence-electron chi connectivity index (χ4n) is 4.41. The predicted octanol–water partition coefficient (Wildman–Crippen LogP) is 5.56. The number of carbonyl (C=O) groups is 1. The highest BCUT2D eigenvalue weighted by Crippen LogP contribution is 2.40. The molecule has 2 heterocycles. The summed E-state index contributed by atoms with van der Waals surface area (Å²) in [4.78, 5) is 21.9. The van der Waals surface area contributed by atoms with Crippen molar-refractivity contribution >= 4 is 23.2 Å². The van der Waals surface area contributed by atoms with Crippen molar-refractivity contribution in [3.05, 3.63) is 77.6 Å². The molecule has 2 amide bonds. The SMILES string of the molecule is COc1ccc2c(c1)Oc1cc(C)ccc1N=C2N1CCN(C(=O)Nc2ccc(F)cc2)C(C)C1. The highest BCUT2D eigenvalue weighted by molar-refractivity contribution is 6.04. The third-order valence-electron chi connectivity index (χ3n) is 6.27. The molecular formula is C27H27FN4O3. The van der Waals surface area contributed by atoms with Crippen LogP contribution in [0.5, 0.6) is 17.2 Å². The smallest absolute Gasteiger partial charge is 0.322 e. The van der Waals surface area contributed by atoms with Crippen molar-refractivity contribution in [2.24, 2.45) is 4.99 Å². The molecule has 0 bridgehead atoms. The predicted molar refractivity (Wildman–Crippen MR) is 134 cm³/mol. The van der Waals surface area contributed by atoms with Gasteiger partial charge in [0.05, 0.1) is 12.7 Å². The maximum absolute atomic E-state index is 13.2. The van der Waals surface area contributed by atoms with E-state index in [-0.39, 0.29) is 17.9 Å². The van der Waals surface area contributed by atoms with Gasteiger partial charge in [0.1, 0.15) is 28.8 Å². The molecule has 0 spiro atoms. The van der Waals surface area contributed by atoms with E-state index in [4.69, 9.17) is 14.5 Å². The number of ether oxygens (including phenoxy) is 2. The summed E-state index contributed by atoms with van der Waals surface area (Å²) in [5.41, 5.74) is 3.27. The number of rotatable bonds is 2. The first-order chi connectivity index (χ1) is 16.9. The number of hydrogen-bond acceptors (Lipinski definition) is 5. The van der Waals surface area contributed by atoms with Crippen LogP contribution < -0.4 is 14.8 Å². The Kier molecular flexibility index (Phi) is 6.03. The number of amides is 2. The minimum absolute atomic E-state index is 0.0738. The molecule has 3 aromatic rings. The Bertz CT molecular complexity index is 1290.